The van der Waals surface area contributed by atoms with E-state index in [-0.39, 0.29) is 30.1 Å². The third-order valence-electron chi connectivity index (χ3n) is 5.11. The molecule has 2 atom stereocenters. The summed E-state index contributed by atoms with van der Waals surface area (Å²) in [5, 5.41) is 2.69. The van der Waals surface area contributed by atoms with Crippen LogP contribution in [0.25, 0.3) is 6.08 Å². The van der Waals surface area contributed by atoms with Crippen molar-refractivity contribution < 1.29 is 19.1 Å². The summed E-state index contributed by atoms with van der Waals surface area (Å²) in [6, 6.07) is 5.52. The third-order valence-corrected chi connectivity index (χ3v) is 5.11. The van der Waals surface area contributed by atoms with Crippen molar-refractivity contribution in [1.82, 2.24) is 5.32 Å². The number of carbonyl (C=O) groups is 2. The molecule has 1 aliphatic rings. The zero-order valence-electron chi connectivity index (χ0n) is 17.0. The summed E-state index contributed by atoms with van der Waals surface area (Å²) >= 11 is 0. The quantitative estimate of drug-likeness (QED) is 0.737. The summed E-state index contributed by atoms with van der Waals surface area (Å²) < 4.78 is 11.0. The molecule has 2 rings (SSSR count). The molecule has 0 bridgehead atoms. The average Bonchev–Trinajstić information content (AvgIpc) is 2.63. The smallest absolute Gasteiger partial charge is 0.257 e. The summed E-state index contributed by atoms with van der Waals surface area (Å²) in [6.45, 7) is 8.70. The molecule has 1 saturated carbocycles. The van der Waals surface area contributed by atoms with Crippen LogP contribution in [0.3, 0.4) is 0 Å². The standard InChI is InChI=1S/C22H31NO4/c1-6-23-21(24)13-27-19-10-8-16(12-20(19)26-5)11-18-15(4)7-9-17(14(2)3)22(18)25/h8,10-12,14-15,17H,6-7,9,13H2,1-5H3,(H,23,24)/t15-,17-/m1/s1. The predicted octanol–water partition coefficient (Wildman–Crippen LogP) is 3.86. The number of methoxy groups -OCH3 is 1. The first kappa shape index (κ1) is 21.0. The molecule has 5 heteroatoms. The van der Waals surface area contributed by atoms with Gasteiger partial charge in [0.15, 0.2) is 23.9 Å². The Balaban J connectivity index is 2.21. The summed E-state index contributed by atoms with van der Waals surface area (Å²) in [5.41, 5.74) is 1.79. The highest BCUT2D eigenvalue weighted by Crippen LogP contribution is 2.36. The largest absolute Gasteiger partial charge is 0.493 e. The van der Waals surface area contributed by atoms with Crippen LogP contribution in [-0.4, -0.2) is 32.0 Å². The van der Waals surface area contributed by atoms with Gasteiger partial charge in [-0.25, -0.2) is 0 Å². The molecule has 1 N–H and O–H groups in total. The Bertz CT molecular complexity index is 708. The number of likely N-dealkylation sites (N-methyl/N-ethyl adjacent to an activating group) is 1. The molecule has 1 aliphatic carbocycles. The van der Waals surface area contributed by atoms with Crippen molar-refractivity contribution in [2.75, 3.05) is 20.3 Å². The molecule has 0 radical (unpaired) electrons. The average molecular weight is 373 g/mol. The number of ketones is 1. The Kier molecular flexibility index (Phi) is 7.45. The normalized spacial score (nSPS) is 21.4. The molecule has 0 heterocycles. The van der Waals surface area contributed by atoms with E-state index in [4.69, 9.17) is 9.47 Å². The molecular formula is C22H31NO4. The fraction of sp³-hybridized carbons (Fsp3) is 0.545. The first-order valence-electron chi connectivity index (χ1n) is 9.70. The van der Waals surface area contributed by atoms with Gasteiger partial charge in [-0.3, -0.25) is 9.59 Å². The van der Waals surface area contributed by atoms with Crippen molar-refractivity contribution >= 4 is 17.8 Å². The number of allylic oxidation sites excluding steroid dienone is 1. The molecule has 148 valence electrons. The first-order valence-corrected chi connectivity index (χ1v) is 9.70. The Morgan fingerprint density at radius 2 is 2.04 bits per heavy atom. The predicted molar refractivity (Wildman–Crippen MR) is 107 cm³/mol. The fourth-order valence-electron chi connectivity index (χ4n) is 3.49. The number of Topliss-reactive ketones (excluding diaryl/α,β-unsaturated/α-hetero) is 1. The first-order chi connectivity index (χ1) is 12.9. The number of hydrogen-bond donors (Lipinski definition) is 1. The van der Waals surface area contributed by atoms with E-state index in [1.54, 1.807) is 13.2 Å². The maximum absolute atomic E-state index is 12.9. The Morgan fingerprint density at radius 3 is 2.67 bits per heavy atom. The van der Waals surface area contributed by atoms with Gasteiger partial charge in [-0.1, -0.05) is 26.8 Å². The summed E-state index contributed by atoms with van der Waals surface area (Å²) in [5.74, 6) is 1.86. The van der Waals surface area contributed by atoms with Crippen LogP contribution < -0.4 is 14.8 Å². The van der Waals surface area contributed by atoms with Gasteiger partial charge in [0.05, 0.1) is 7.11 Å². The molecule has 1 fully saturated rings. The van der Waals surface area contributed by atoms with E-state index in [0.29, 0.717) is 24.0 Å². The number of benzene rings is 1. The van der Waals surface area contributed by atoms with Crippen molar-refractivity contribution in [2.45, 2.75) is 40.5 Å². The van der Waals surface area contributed by atoms with Gasteiger partial charge in [0, 0.05) is 12.5 Å². The Morgan fingerprint density at radius 1 is 1.30 bits per heavy atom. The van der Waals surface area contributed by atoms with E-state index in [9.17, 15) is 9.59 Å². The summed E-state index contributed by atoms with van der Waals surface area (Å²) in [6.07, 6.45) is 3.97. The number of amides is 1. The second-order valence-electron chi connectivity index (χ2n) is 7.45. The van der Waals surface area contributed by atoms with Gasteiger partial charge in [0.2, 0.25) is 0 Å². The van der Waals surface area contributed by atoms with Gasteiger partial charge in [-0.2, -0.15) is 0 Å². The number of carbonyl (C=O) groups excluding carboxylic acids is 2. The Labute approximate surface area is 162 Å². The van der Waals surface area contributed by atoms with E-state index >= 15 is 0 Å². The lowest BCUT2D eigenvalue weighted by Gasteiger charge is -2.30. The van der Waals surface area contributed by atoms with E-state index in [2.05, 4.69) is 26.1 Å². The van der Waals surface area contributed by atoms with Crippen LogP contribution in [0.2, 0.25) is 0 Å². The van der Waals surface area contributed by atoms with Crippen molar-refractivity contribution in [1.29, 1.82) is 0 Å². The van der Waals surface area contributed by atoms with Crippen LogP contribution in [0.15, 0.2) is 23.8 Å². The summed E-state index contributed by atoms with van der Waals surface area (Å²) in [4.78, 5) is 24.5. The van der Waals surface area contributed by atoms with Gasteiger partial charge in [-0.15, -0.1) is 0 Å². The second-order valence-corrected chi connectivity index (χ2v) is 7.45. The van der Waals surface area contributed by atoms with E-state index < -0.39 is 0 Å². The van der Waals surface area contributed by atoms with E-state index in [1.165, 1.54) is 0 Å². The third kappa shape index (κ3) is 5.34. The van der Waals surface area contributed by atoms with E-state index in [0.717, 1.165) is 24.0 Å². The van der Waals surface area contributed by atoms with E-state index in [1.807, 2.05) is 25.1 Å². The highest BCUT2D eigenvalue weighted by molar-refractivity contribution is 6.02. The second kappa shape index (κ2) is 9.58. The summed E-state index contributed by atoms with van der Waals surface area (Å²) in [7, 11) is 1.56. The topological polar surface area (TPSA) is 64.6 Å². The maximum Gasteiger partial charge on any atom is 0.257 e. The highest BCUT2D eigenvalue weighted by atomic mass is 16.5. The van der Waals surface area contributed by atoms with Crippen molar-refractivity contribution in [3.05, 3.63) is 29.3 Å². The maximum atomic E-state index is 12.9. The van der Waals surface area contributed by atoms with Crippen LogP contribution in [-0.2, 0) is 9.59 Å². The monoisotopic (exact) mass is 373 g/mol. The zero-order valence-corrected chi connectivity index (χ0v) is 17.0. The number of rotatable bonds is 7. The van der Waals surface area contributed by atoms with Gasteiger partial charge in [-0.05, 0) is 60.9 Å². The molecule has 0 aromatic heterocycles. The van der Waals surface area contributed by atoms with Crippen LogP contribution in [0.1, 0.15) is 46.1 Å². The molecule has 1 aromatic rings. The lowest BCUT2D eigenvalue weighted by molar-refractivity contribution is -0.123. The van der Waals surface area contributed by atoms with Gasteiger partial charge in [0.1, 0.15) is 0 Å². The van der Waals surface area contributed by atoms with Crippen LogP contribution >= 0.6 is 0 Å². The minimum atomic E-state index is -0.174. The van der Waals surface area contributed by atoms with Crippen molar-refractivity contribution in [2.24, 2.45) is 17.8 Å². The molecule has 0 aliphatic heterocycles. The molecule has 0 saturated heterocycles. The number of hydrogen-bond acceptors (Lipinski definition) is 4. The van der Waals surface area contributed by atoms with Gasteiger partial charge < -0.3 is 14.8 Å². The zero-order chi connectivity index (χ0) is 20.0. The minimum Gasteiger partial charge on any atom is -0.493 e. The van der Waals surface area contributed by atoms with Crippen LogP contribution in [0.5, 0.6) is 11.5 Å². The molecule has 0 spiro atoms. The molecule has 27 heavy (non-hydrogen) atoms. The van der Waals surface area contributed by atoms with Crippen LogP contribution in [0.4, 0.5) is 0 Å². The fourth-order valence-corrected chi connectivity index (χ4v) is 3.49. The van der Waals surface area contributed by atoms with Crippen molar-refractivity contribution in [3.8, 4) is 11.5 Å². The Hall–Kier alpha value is -2.30. The lowest BCUT2D eigenvalue weighted by atomic mass is 9.73. The minimum absolute atomic E-state index is 0.0593. The van der Waals surface area contributed by atoms with Crippen LogP contribution in [0, 0.1) is 17.8 Å². The number of nitrogens with one attached hydrogen (secondary N) is 1. The molecule has 1 amide bonds. The molecule has 0 unspecified atom stereocenters. The lowest BCUT2D eigenvalue weighted by Crippen LogP contribution is -2.30. The SMILES string of the molecule is CCNC(=O)COc1ccc(C=C2C(=O)[C@@H](C(C)C)CC[C@H]2C)cc1OC. The van der Waals surface area contributed by atoms with Gasteiger partial charge >= 0.3 is 0 Å². The highest BCUT2D eigenvalue weighted by Gasteiger charge is 2.32. The molecule has 1 aromatic carbocycles. The number of ether oxygens (including phenoxy) is 2. The van der Waals surface area contributed by atoms with Gasteiger partial charge in [0.25, 0.3) is 5.91 Å². The molecule has 5 nitrogen and oxygen atoms in total. The molecular weight excluding hydrogens is 342 g/mol. The van der Waals surface area contributed by atoms with Crippen molar-refractivity contribution in [3.63, 3.8) is 0 Å².